The van der Waals surface area contributed by atoms with Crippen LogP contribution in [0.3, 0.4) is 0 Å². The van der Waals surface area contributed by atoms with Gasteiger partial charge < -0.3 is 20.8 Å². The molecular formula is C21H27ClN5O3. The van der Waals surface area contributed by atoms with E-state index in [2.05, 4.69) is 15.2 Å². The Morgan fingerprint density at radius 1 is 1.23 bits per heavy atom. The number of H-pyrrole nitrogens is 1. The van der Waals surface area contributed by atoms with Crippen LogP contribution in [0.15, 0.2) is 16.9 Å². The molecule has 4 N–H and O–H groups in total. The number of benzene rings is 1. The molecule has 161 valence electrons. The molecule has 2 aliphatic heterocycles. The molecule has 4 rings (SSSR count). The zero-order valence-electron chi connectivity index (χ0n) is 16.8. The van der Waals surface area contributed by atoms with E-state index >= 15 is 0 Å². The number of nitrogens with zero attached hydrogens (tertiary/aromatic N) is 2. The Kier molecular flexibility index (Phi) is 6.26. The van der Waals surface area contributed by atoms with E-state index in [9.17, 15) is 14.4 Å². The van der Waals surface area contributed by atoms with Gasteiger partial charge in [0.25, 0.3) is 0 Å². The number of hydrogen-bond donors (Lipinski definition) is 3. The summed E-state index contributed by atoms with van der Waals surface area (Å²) in [5.74, 6) is 0.812. The highest BCUT2D eigenvalue weighted by molar-refractivity contribution is 6.35. The van der Waals surface area contributed by atoms with Crippen LogP contribution >= 0.6 is 11.6 Å². The van der Waals surface area contributed by atoms with E-state index < -0.39 is 11.7 Å². The molecule has 2 aliphatic rings. The smallest absolute Gasteiger partial charge is 0.334 e. The Bertz CT molecular complexity index is 994. The number of carbonyl (C=O) groups excluding carboxylic acids is 2. The lowest BCUT2D eigenvalue weighted by atomic mass is 9.84. The molecule has 0 bridgehead atoms. The molecule has 9 heteroatoms. The van der Waals surface area contributed by atoms with E-state index in [0.717, 1.165) is 74.1 Å². The quantitative estimate of drug-likeness (QED) is 0.624. The average molecular weight is 433 g/mol. The molecule has 1 amide bonds. The fourth-order valence-electron chi connectivity index (χ4n) is 4.94. The Morgan fingerprint density at radius 3 is 2.70 bits per heavy atom. The lowest BCUT2D eigenvalue weighted by Gasteiger charge is -2.44. The summed E-state index contributed by atoms with van der Waals surface area (Å²) in [6, 6.07) is 3.18. The molecule has 8 nitrogen and oxygen atoms in total. The number of aldehydes is 1. The molecule has 2 aromatic rings. The summed E-state index contributed by atoms with van der Waals surface area (Å²) in [4.78, 5) is 41.0. The van der Waals surface area contributed by atoms with E-state index in [1.54, 1.807) is 12.1 Å². The summed E-state index contributed by atoms with van der Waals surface area (Å²) in [6.07, 6.45) is 6.79. The van der Waals surface area contributed by atoms with Crippen molar-refractivity contribution in [1.29, 1.82) is 0 Å². The first-order valence-corrected chi connectivity index (χ1v) is 10.9. The predicted molar refractivity (Wildman–Crippen MR) is 116 cm³/mol. The Balaban J connectivity index is 1.63. The number of aromatic nitrogens is 2. The first-order valence-electron chi connectivity index (χ1n) is 10.5. The van der Waals surface area contributed by atoms with Crippen molar-refractivity contribution in [2.45, 2.75) is 50.6 Å². The van der Waals surface area contributed by atoms with Crippen LogP contribution in [0.5, 0.6) is 0 Å². The lowest BCUT2D eigenvalue weighted by molar-refractivity contribution is -0.107. The molecule has 2 saturated heterocycles. The molecule has 0 aliphatic carbocycles. The first kappa shape index (κ1) is 21.1. The number of aromatic amines is 1. The van der Waals surface area contributed by atoms with Gasteiger partial charge in [-0.05, 0) is 69.4 Å². The highest BCUT2D eigenvalue weighted by Gasteiger charge is 2.35. The number of nitrogens with one attached hydrogen (secondary N) is 2. The number of hydrogen-bond acceptors (Lipinski definition) is 5. The second-order valence-electron chi connectivity index (χ2n) is 8.18. The topological polar surface area (TPSA) is 113 Å². The largest absolute Gasteiger partial charge is 0.351 e. The first-order chi connectivity index (χ1) is 14.5. The number of nitrogens with two attached hydrogens (primary N) is 1. The van der Waals surface area contributed by atoms with Gasteiger partial charge in [0, 0.05) is 12.1 Å². The highest BCUT2D eigenvalue weighted by atomic mass is 35.5. The fraction of sp³-hybridized carbons (Fsp3) is 0.524. The molecule has 30 heavy (non-hydrogen) atoms. The van der Waals surface area contributed by atoms with Gasteiger partial charge in [-0.25, -0.2) is 14.2 Å². The number of piperidine rings is 2. The van der Waals surface area contributed by atoms with Crippen molar-refractivity contribution in [1.82, 2.24) is 19.8 Å². The van der Waals surface area contributed by atoms with E-state index in [0.29, 0.717) is 28.5 Å². The number of likely N-dealkylation sites (tertiary alicyclic amines) is 1. The summed E-state index contributed by atoms with van der Waals surface area (Å²) in [7, 11) is 0. The Morgan fingerprint density at radius 2 is 2.00 bits per heavy atom. The number of imidazole rings is 1. The van der Waals surface area contributed by atoms with Gasteiger partial charge in [0.05, 0.1) is 22.0 Å². The van der Waals surface area contributed by atoms with E-state index in [4.69, 9.17) is 17.3 Å². The molecule has 0 saturated carbocycles. The van der Waals surface area contributed by atoms with Crippen LogP contribution in [-0.4, -0.2) is 58.5 Å². The van der Waals surface area contributed by atoms with Gasteiger partial charge in [-0.3, -0.25) is 4.90 Å². The van der Waals surface area contributed by atoms with Gasteiger partial charge in [0.2, 0.25) is 0 Å². The molecule has 1 atom stereocenters. The zero-order valence-corrected chi connectivity index (χ0v) is 17.6. The SMILES string of the molecule is NC(=O)n1c(=O)[nH]c2c(Cl)cc(C[C](C=O)C3CCCCN3C3CCNCC3)cc21. The lowest BCUT2D eigenvalue weighted by Crippen LogP contribution is -2.52. The van der Waals surface area contributed by atoms with Crippen molar-refractivity contribution in [3.05, 3.63) is 39.1 Å². The second-order valence-corrected chi connectivity index (χ2v) is 8.58. The fourth-order valence-corrected chi connectivity index (χ4v) is 5.23. The summed E-state index contributed by atoms with van der Waals surface area (Å²) in [5, 5.41) is 3.73. The minimum atomic E-state index is -0.872. The van der Waals surface area contributed by atoms with Crippen LogP contribution in [0, 0.1) is 5.92 Å². The third-order valence-corrected chi connectivity index (χ3v) is 6.63. The summed E-state index contributed by atoms with van der Waals surface area (Å²) in [6.45, 7) is 3.02. The number of amides is 1. The van der Waals surface area contributed by atoms with Crippen molar-refractivity contribution < 1.29 is 9.59 Å². The minimum absolute atomic E-state index is 0.110. The zero-order chi connectivity index (χ0) is 21.3. The molecule has 1 aromatic heterocycles. The van der Waals surface area contributed by atoms with Crippen molar-refractivity contribution in [3.63, 3.8) is 0 Å². The highest BCUT2D eigenvalue weighted by Crippen LogP contribution is 2.32. The average Bonchev–Trinajstić information content (AvgIpc) is 3.09. The minimum Gasteiger partial charge on any atom is -0.351 e. The van der Waals surface area contributed by atoms with Crippen molar-refractivity contribution in [2.24, 2.45) is 5.73 Å². The molecule has 1 unspecified atom stereocenters. The van der Waals surface area contributed by atoms with E-state index in [1.165, 1.54) is 0 Å². The van der Waals surface area contributed by atoms with Crippen LogP contribution in [0.4, 0.5) is 4.79 Å². The molecular weight excluding hydrogens is 406 g/mol. The van der Waals surface area contributed by atoms with Gasteiger partial charge in [-0.2, -0.15) is 0 Å². The van der Waals surface area contributed by atoms with Gasteiger partial charge in [-0.1, -0.05) is 18.0 Å². The summed E-state index contributed by atoms with van der Waals surface area (Å²) >= 11 is 6.36. The molecule has 3 heterocycles. The van der Waals surface area contributed by atoms with Crippen LogP contribution < -0.4 is 16.7 Å². The van der Waals surface area contributed by atoms with Crippen LogP contribution in [-0.2, 0) is 11.2 Å². The maximum absolute atomic E-state index is 12.1. The maximum Gasteiger partial charge on any atom is 0.334 e. The molecule has 0 spiro atoms. The Hall–Kier alpha value is -2.16. The third kappa shape index (κ3) is 4.04. The third-order valence-electron chi connectivity index (χ3n) is 6.34. The monoisotopic (exact) mass is 432 g/mol. The molecule has 1 aromatic carbocycles. The van der Waals surface area contributed by atoms with Gasteiger partial charge >= 0.3 is 11.7 Å². The molecule has 2 fully saturated rings. The second kappa shape index (κ2) is 8.91. The number of primary amides is 1. The van der Waals surface area contributed by atoms with Gasteiger partial charge in [-0.15, -0.1) is 0 Å². The Labute approximate surface area is 179 Å². The molecule has 1 radical (unpaired) electrons. The number of rotatable bonds is 5. The summed E-state index contributed by atoms with van der Waals surface area (Å²) < 4.78 is 0.868. The van der Waals surface area contributed by atoms with Crippen molar-refractivity contribution >= 4 is 35.0 Å². The van der Waals surface area contributed by atoms with E-state index in [1.807, 2.05) is 0 Å². The van der Waals surface area contributed by atoms with Crippen LogP contribution in [0.2, 0.25) is 5.02 Å². The van der Waals surface area contributed by atoms with Gasteiger partial charge in [0.1, 0.15) is 6.29 Å². The standard InChI is InChI=1S/C21H27ClN5O3/c22-16-10-13(11-18-19(16)25-21(30)27(18)20(23)29)9-14(12-28)17-3-1-2-8-26(17)15-4-6-24-7-5-15/h10-12,15,17,24H,1-9H2,(H2,23,29)(H,25,30). The van der Waals surface area contributed by atoms with Crippen LogP contribution in [0.25, 0.3) is 11.0 Å². The summed E-state index contributed by atoms with van der Waals surface area (Å²) in [5.41, 5.74) is 6.21. The van der Waals surface area contributed by atoms with Crippen molar-refractivity contribution in [3.8, 4) is 0 Å². The van der Waals surface area contributed by atoms with E-state index in [-0.39, 0.29) is 6.04 Å². The number of carbonyl (C=O) groups is 2. The number of halogens is 1. The van der Waals surface area contributed by atoms with Crippen LogP contribution in [0.1, 0.15) is 37.7 Å². The van der Waals surface area contributed by atoms with Gasteiger partial charge in [0.15, 0.2) is 0 Å². The number of fused-ring (bicyclic) bond motifs is 1. The maximum atomic E-state index is 12.1. The normalized spacial score (nSPS) is 21.3. The predicted octanol–water partition coefficient (Wildman–Crippen LogP) is 1.83. The van der Waals surface area contributed by atoms with Crippen molar-refractivity contribution in [2.75, 3.05) is 19.6 Å².